The summed E-state index contributed by atoms with van der Waals surface area (Å²) < 4.78 is 0. The Morgan fingerprint density at radius 3 is 1.85 bits per heavy atom. The van der Waals surface area contributed by atoms with Gasteiger partial charge in [0.1, 0.15) is 11.5 Å². The van der Waals surface area contributed by atoms with Crippen molar-refractivity contribution >= 4 is 17.6 Å². The van der Waals surface area contributed by atoms with Crippen LogP contribution in [0.1, 0.15) is 80.9 Å². The number of carbonyl (C=O) groups is 1. The van der Waals surface area contributed by atoms with E-state index in [4.69, 9.17) is 16.7 Å². The Labute approximate surface area is 160 Å². The van der Waals surface area contributed by atoms with Crippen molar-refractivity contribution in [1.29, 1.82) is 0 Å². The first-order valence-corrected chi connectivity index (χ1v) is 9.82. The maximum Gasteiger partial charge on any atom is 0.303 e. The smallest absolute Gasteiger partial charge is 0.303 e. The molecular weight excluding hydrogens is 356 g/mol. The van der Waals surface area contributed by atoms with E-state index in [1.54, 1.807) is 6.92 Å². The van der Waals surface area contributed by atoms with Crippen LogP contribution in [-0.2, 0) is 17.8 Å². The molecule has 0 spiro atoms. The number of benzene rings is 1. The van der Waals surface area contributed by atoms with Crippen molar-refractivity contribution in [3.63, 3.8) is 0 Å². The molecule has 1 aromatic carbocycles. The minimum atomic E-state index is -0.719. The van der Waals surface area contributed by atoms with Gasteiger partial charge in [-0.05, 0) is 31.7 Å². The normalized spacial score (nSPS) is 11.0. The minimum Gasteiger partial charge on any atom is -0.507 e. The number of halogens is 1. The number of aliphatic hydroxyl groups excluding tert-OH is 1. The lowest BCUT2D eigenvalue weighted by Crippen LogP contribution is -1.98. The number of aliphatic hydroxyl groups is 1. The zero-order valence-electron chi connectivity index (χ0n) is 15.6. The Morgan fingerprint density at radius 2 is 1.35 bits per heavy atom. The molecule has 5 nitrogen and oxygen atoms in total. The quantitative estimate of drug-likeness (QED) is 0.354. The lowest BCUT2D eigenvalue weighted by Gasteiger charge is -2.15. The molecule has 0 atom stereocenters. The second-order valence-electron chi connectivity index (χ2n) is 6.83. The van der Waals surface area contributed by atoms with Crippen molar-refractivity contribution < 1.29 is 25.2 Å². The van der Waals surface area contributed by atoms with Crippen LogP contribution < -0.4 is 0 Å². The lowest BCUT2D eigenvalue weighted by atomic mass is 9.97. The van der Waals surface area contributed by atoms with E-state index in [1.165, 1.54) is 0 Å². The van der Waals surface area contributed by atoms with Gasteiger partial charge in [0.25, 0.3) is 0 Å². The van der Waals surface area contributed by atoms with Gasteiger partial charge in [-0.2, -0.15) is 0 Å². The number of hydrogen-bond acceptors (Lipinski definition) is 4. The van der Waals surface area contributed by atoms with E-state index in [2.05, 4.69) is 0 Å². The van der Waals surface area contributed by atoms with Crippen molar-refractivity contribution in [2.75, 3.05) is 0 Å². The van der Waals surface area contributed by atoms with Crippen molar-refractivity contribution in [1.82, 2.24) is 0 Å². The summed E-state index contributed by atoms with van der Waals surface area (Å²) in [4.78, 5) is 10.4. The first kappa shape index (κ1) is 22.6. The number of carboxylic acid groups (broad SMARTS) is 1. The van der Waals surface area contributed by atoms with E-state index in [0.717, 1.165) is 57.8 Å². The van der Waals surface area contributed by atoms with Gasteiger partial charge >= 0.3 is 5.97 Å². The van der Waals surface area contributed by atoms with Crippen LogP contribution in [0, 0.1) is 6.92 Å². The summed E-state index contributed by atoms with van der Waals surface area (Å²) >= 11 is 6.08. The van der Waals surface area contributed by atoms with Gasteiger partial charge in [-0.1, -0.05) is 56.5 Å². The molecule has 0 aliphatic rings. The summed E-state index contributed by atoms with van der Waals surface area (Å²) in [5.74, 6) is -0.850. The molecule has 0 bridgehead atoms. The number of phenols is 2. The fraction of sp³-hybridized carbons (Fsp3) is 0.650. The molecule has 0 saturated heterocycles. The molecule has 6 heteroatoms. The third kappa shape index (κ3) is 7.04. The number of aromatic hydroxyl groups is 2. The Kier molecular flexibility index (Phi) is 10.4. The highest BCUT2D eigenvalue weighted by Crippen LogP contribution is 2.41. The zero-order valence-corrected chi connectivity index (χ0v) is 16.3. The Balaban J connectivity index is 2.24. The van der Waals surface area contributed by atoms with E-state index < -0.39 is 5.97 Å². The topological polar surface area (TPSA) is 98.0 Å². The number of rotatable bonds is 13. The van der Waals surface area contributed by atoms with Crippen molar-refractivity contribution in [2.45, 2.75) is 84.2 Å². The predicted octanol–water partition coefficient (Wildman–Crippen LogP) is 5.08. The monoisotopic (exact) mass is 386 g/mol. The summed E-state index contributed by atoms with van der Waals surface area (Å²) in [5.41, 5.74) is 1.31. The molecule has 0 heterocycles. The number of aliphatic carboxylic acids is 1. The Bertz CT molecular complexity index is 586. The van der Waals surface area contributed by atoms with Gasteiger partial charge in [0.2, 0.25) is 0 Å². The molecule has 0 fully saturated rings. The van der Waals surface area contributed by atoms with Gasteiger partial charge < -0.3 is 20.4 Å². The van der Waals surface area contributed by atoms with Gasteiger partial charge in [-0.25, -0.2) is 0 Å². The summed E-state index contributed by atoms with van der Waals surface area (Å²) in [5, 5.41) is 38.5. The average molecular weight is 387 g/mol. The van der Waals surface area contributed by atoms with E-state index in [-0.39, 0.29) is 29.5 Å². The van der Waals surface area contributed by atoms with Crippen molar-refractivity contribution in [2.24, 2.45) is 0 Å². The number of unbranched alkanes of at least 4 members (excludes halogenated alkanes) is 8. The van der Waals surface area contributed by atoms with Crippen LogP contribution >= 0.6 is 11.6 Å². The van der Waals surface area contributed by atoms with E-state index >= 15 is 0 Å². The van der Waals surface area contributed by atoms with Crippen LogP contribution in [0.25, 0.3) is 0 Å². The number of hydrogen-bond donors (Lipinski definition) is 4. The van der Waals surface area contributed by atoms with E-state index in [9.17, 15) is 20.1 Å². The predicted molar refractivity (Wildman–Crippen MR) is 103 cm³/mol. The summed E-state index contributed by atoms with van der Waals surface area (Å²) in [6, 6.07) is 0. The highest BCUT2D eigenvalue weighted by molar-refractivity contribution is 6.33. The Morgan fingerprint density at radius 1 is 0.846 bits per heavy atom. The van der Waals surface area contributed by atoms with E-state index in [0.29, 0.717) is 23.1 Å². The second kappa shape index (κ2) is 12.0. The molecule has 0 amide bonds. The summed E-state index contributed by atoms with van der Waals surface area (Å²) in [6.07, 6.45) is 9.95. The highest BCUT2D eigenvalue weighted by atomic mass is 35.5. The molecule has 1 rings (SSSR count). The van der Waals surface area contributed by atoms with Crippen molar-refractivity contribution in [3.05, 3.63) is 21.7 Å². The largest absolute Gasteiger partial charge is 0.507 e. The molecule has 26 heavy (non-hydrogen) atoms. The molecule has 0 unspecified atom stereocenters. The molecule has 4 N–H and O–H groups in total. The van der Waals surface area contributed by atoms with Gasteiger partial charge in [-0.3, -0.25) is 4.79 Å². The minimum absolute atomic E-state index is 0.0479. The third-order valence-electron chi connectivity index (χ3n) is 4.82. The molecular formula is C20H31ClO5. The molecule has 0 aromatic heterocycles. The SMILES string of the molecule is Cc1c(Cl)c(O)c(CCCCCCCCCCCC(=O)O)c(O)c1CO. The fourth-order valence-electron chi connectivity index (χ4n) is 3.16. The van der Waals surface area contributed by atoms with E-state index in [1.807, 2.05) is 0 Å². The highest BCUT2D eigenvalue weighted by Gasteiger charge is 2.19. The van der Waals surface area contributed by atoms with Crippen LogP contribution in [-0.4, -0.2) is 26.4 Å². The van der Waals surface area contributed by atoms with Gasteiger partial charge in [0.05, 0.1) is 11.6 Å². The van der Waals surface area contributed by atoms with Gasteiger partial charge in [0.15, 0.2) is 0 Å². The maximum absolute atomic E-state index is 10.4. The zero-order chi connectivity index (χ0) is 19.5. The molecule has 0 aliphatic heterocycles. The molecule has 0 saturated carbocycles. The van der Waals surface area contributed by atoms with Crippen LogP contribution in [0.4, 0.5) is 0 Å². The molecule has 1 aromatic rings. The number of carboxylic acids is 1. The average Bonchev–Trinajstić information content (AvgIpc) is 2.60. The standard InChI is InChI=1S/C20H31ClO5/c1-14-16(13-22)19(25)15(20(26)18(14)21)11-9-7-5-3-2-4-6-8-10-12-17(23)24/h22,25-26H,2-13H2,1H3,(H,23,24). The summed E-state index contributed by atoms with van der Waals surface area (Å²) in [6.45, 7) is 1.36. The lowest BCUT2D eigenvalue weighted by molar-refractivity contribution is -0.137. The first-order valence-electron chi connectivity index (χ1n) is 9.44. The van der Waals surface area contributed by atoms with Crippen LogP contribution in [0.2, 0.25) is 5.02 Å². The molecule has 148 valence electrons. The maximum atomic E-state index is 10.4. The van der Waals surface area contributed by atoms with Crippen LogP contribution in [0.5, 0.6) is 11.5 Å². The second-order valence-corrected chi connectivity index (χ2v) is 7.21. The molecule has 0 aliphatic carbocycles. The fourth-order valence-corrected chi connectivity index (χ4v) is 3.39. The third-order valence-corrected chi connectivity index (χ3v) is 5.29. The van der Waals surface area contributed by atoms with Crippen molar-refractivity contribution in [3.8, 4) is 11.5 Å². The van der Waals surface area contributed by atoms with Crippen LogP contribution in [0.15, 0.2) is 0 Å². The van der Waals surface area contributed by atoms with Crippen LogP contribution in [0.3, 0.4) is 0 Å². The molecule has 0 radical (unpaired) electrons. The first-order chi connectivity index (χ1) is 12.4. The Hall–Kier alpha value is -1.46. The van der Waals surface area contributed by atoms with Gasteiger partial charge in [-0.15, -0.1) is 0 Å². The number of phenolic OH excluding ortho intramolecular Hbond substituents is 1. The summed E-state index contributed by atoms with van der Waals surface area (Å²) in [7, 11) is 0. The van der Waals surface area contributed by atoms with Gasteiger partial charge in [0, 0.05) is 17.5 Å².